The van der Waals surface area contributed by atoms with Crippen molar-refractivity contribution < 1.29 is 0 Å². The summed E-state index contributed by atoms with van der Waals surface area (Å²) in [6, 6.07) is 2.17. The van der Waals surface area contributed by atoms with Crippen molar-refractivity contribution in [3.63, 3.8) is 0 Å². The average Bonchev–Trinajstić information content (AvgIpc) is 2.48. The normalized spacial score (nSPS) is 16.7. The third-order valence-electron chi connectivity index (χ3n) is 2.74. The molecule has 0 spiro atoms. The molecule has 0 saturated carbocycles. The van der Waals surface area contributed by atoms with Gasteiger partial charge in [0.2, 0.25) is 0 Å². The molecule has 0 aliphatic heterocycles. The monoisotopic (exact) mass is 175 g/mol. The van der Waals surface area contributed by atoms with E-state index in [2.05, 4.69) is 37.9 Å². The lowest BCUT2D eigenvalue weighted by Crippen LogP contribution is -2.32. The summed E-state index contributed by atoms with van der Waals surface area (Å²) in [7, 11) is 0. The van der Waals surface area contributed by atoms with Gasteiger partial charge in [-0.05, 0) is 35.1 Å². The molecule has 0 amide bonds. The molecule has 1 heteroatoms. The SMILES string of the molecule is CC(C)(C)C1=c2[nH]ccc2=CCC1. The molecular formula is C12H17N. The smallest absolute Gasteiger partial charge is 0.0448 e. The fraction of sp³-hybridized carbons (Fsp3) is 0.500. The molecule has 70 valence electrons. The van der Waals surface area contributed by atoms with Crippen LogP contribution in [0.2, 0.25) is 0 Å². The van der Waals surface area contributed by atoms with E-state index in [1.807, 2.05) is 6.20 Å². The van der Waals surface area contributed by atoms with Crippen LogP contribution >= 0.6 is 0 Å². The second-order valence-electron chi connectivity index (χ2n) is 4.78. The molecule has 0 bridgehead atoms. The molecular weight excluding hydrogens is 158 g/mol. The highest BCUT2D eigenvalue weighted by Gasteiger charge is 2.19. The largest absolute Gasteiger partial charge is 0.361 e. The van der Waals surface area contributed by atoms with Gasteiger partial charge < -0.3 is 4.98 Å². The van der Waals surface area contributed by atoms with Crippen LogP contribution in [0.15, 0.2) is 12.3 Å². The number of H-pyrrole nitrogens is 1. The molecule has 1 heterocycles. The molecule has 1 aliphatic carbocycles. The average molecular weight is 175 g/mol. The minimum atomic E-state index is 0.299. The lowest BCUT2D eigenvalue weighted by atomic mass is 9.82. The molecule has 0 saturated heterocycles. The van der Waals surface area contributed by atoms with E-state index in [9.17, 15) is 0 Å². The van der Waals surface area contributed by atoms with Crippen LogP contribution in [0.25, 0.3) is 11.6 Å². The van der Waals surface area contributed by atoms with Crippen LogP contribution in [-0.4, -0.2) is 4.98 Å². The van der Waals surface area contributed by atoms with Gasteiger partial charge in [-0.3, -0.25) is 0 Å². The molecule has 0 unspecified atom stereocenters. The minimum absolute atomic E-state index is 0.299. The van der Waals surface area contributed by atoms with Gasteiger partial charge in [0, 0.05) is 11.5 Å². The lowest BCUT2D eigenvalue weighted by Gasteiger charge is -2.23. The summed E-state index contributed by atoms with van der Waals surface area (Å²) in [5.41, 5.74) is 1.86. The van der Waals surface area contributed by atoms with Gasteiger partial charge in [0.05, 0.1) is 0 Å². The Kier molecular flexibility index (Phi) is 1.83. The maximum Gasteiger partial charge on any atom is 0.0448 e. The zero-order valence-corrected chi connectivity index (χ0v) is 8.65. The zero-order chi connectivity index (χ0) is 9.47. The van der Waals surface area contributed by atoms with Crippen LogP contribution in [0, 0.1) is 5.41 Å². The topological polar surface area (TPSA) is 15.8 Å². The fourth-order valence-corrected chi connectivity index (χ4v) is 2.06. The Morgan fingerprint density at radius 2 is 2.08 bits per heavy atom. The summed E-state index contributed by atoms with van der Waals surface area (Å²) in [4.78, 5) is 3.35. The van der Waals surface area contributed by atoms with Crippen molar-refractivity contribution >= 4 is 11.6 Å². The van der Waals surface area contributed by atoms with Crippen LogP contribution in [0.3, 0.4) is 0 Å². The first-order valence-electron chi connectivity index (χ1n) is 4.96. The highest BCUT2D eigenvalue weighted by atomic mass is 14.7. The van der Waals surface area contributed by atoms with E-state index in [1.54, 1.807) is 5.57 Å². The van der Waals surface area contributed by atoms with E-state index in [4.69, 9.17) is 0 Å². The predicted molar refractivity (Wildman–Crippen MR) is 56.6 cm³/mol. The highest BCUT2D eigenvalue weighted by molar-refractivity contribution is 5.53. The van der Waals surface area contributed by atoms with E-state index in [0.717, 1.165) is 0 Å². The fourth-order valence-electron chi connectivity index (χ4n) is 2.06. The molecule has 0 radical (unpaired) electrons. The number of aromatic nitrogens is 1. The zero-order valence-electron chi connectivity index (χ0n) is 8.65. The van der Waals surface area contributed by atoms with Gasteiger partial charge in [0.1, 0.15) is 0 Å². The van der Waals surface area contributed by atoms with E-state index < -0.39 is 0 Å². The molecule has 0 aromatic carbocycles. The highest BCUT2D eigenvalue weighted by Crippen LogP contribution is 2.29. The lowest BCUT2D eigenvalue weighted by molar-refractivity contribution is 0.541. The first-order chi connectivity index (χ1) is 6.09. The predicted octanol–water partition coefficient (Wildman–Crippen LogP) is 1.79. The Bertz CT molecular complexity index is 415. The van der Waals surface area contributed by atoms with Crippen molar-refractivity contribution in [3.05, 3.63) is 22.8 Å². The molecule has 1 nitrogen and oxygen atoms in total. The van der Waals surface area contributed by atoms with Crippen LogP contribution in [0.5, 0.6) is 0 Å². The number of nitrogens with one attached hydrogen (secondary N) is 1. The van der Waals surface area contributed by atoms with Crippen LogP contribution in [0.1, 0.15) is 33.6 Å². The van der Waals surface area contributed by atoms with Crippen molar-refractivity contribution in [2.75, 3.05) is 0 Å². The van der Waals surface area contributed by atoms with Crippen molar-refractivity contribution in [3.8, 4) is 0 Å². The van der Waals surface area contributed by atoms with Crippen molar-refractivity contribution in [2.24, 2.45) is 5.41 Å². The molecule has 1 aromatic rings. The maximum atomic E-state index is 3.35. The minimum Gasteiger partial charge on any atom is -0.361 e. The van der Waals surface area contributed by atoms with Gasteiger partial charge >= 0.3 is 0 Å². The third-order valence-corrected chi connectivity index (χ3v) is 2.74. The van der Waals surface area contributed by atoms with Crippen molar-refractivity contribution in [1.29, 1.82) is 0 Å². The first kappa shape index (κ1) is 8.61. The van der Waals surface area contributed by atoms with Gasteiger partial charge in [-0.2, -0.15) is 0 Å². The molecule has 1 N–H and O–H groups in total. The van der Waals surface area contributed by atoms with Gasteiger partial charge in [-0.15, -0.1) is 0 Å². The Balaban J connectivity index is 2.75. The van der Waals surface area contributed by atoms with Crippen LogP contribution in [0.4, 0.5) is 0 Å². The van der Waals surface area contributed by atoms with Crippen LogP contribution in [-0.2, 0) is 0 Å². The summed E-state index contributed by atoms with van der Waals surface area (Å²) in [6.07, 6.45) is 6.76. The standard InChI is InChI=1S/C12H17N/c1-12(2,3)10-6-4-5-9-7-8-13-11(9)10/h5,7-8,13H,4,6H2,1-3H3. The van der Waals surface area contributed by atoms with Gasteiger partial charge in [-0.1, -0.05) is 26.8 Å². The molecule has 0 atom stereocenters. The molecule has 1 aromatic heterocycles. The quantitative estimate of drug-likeness (QED) is 0.618. The van der Waals surface area contributed by atoms with E-state index >= 15 is 0 Å². The van der Waals surface area contributed by atoms with E-state index in [1.165, 1.54) is 23.4 Å². The number of rotatable bonds is 0. The first-order valence-corrected chi connectivity index (χ1v) is 4.96. The Morgan fingerprint density at radius 1 is 1.31 bits per heavy atom. The number of aromatic amines is 1. The number of hydrogen-bond acceptors (Lipinski definition) is 0. The van der Waals surface area contributed by atoms with Crippen molar-refractivity contribution in [1.82, 2.24) is 4.98 Å². The van der Waals surface area contributed by atoms with Crippen molar-refractivity contribution in [2.45, 2.75) is 33.6 Å². The summed E-state index contributed by atoms with van der Waals surface area (Å²) in [6.45, 7) is 6.87. The Labute approximate surface area is 79.2 Å². The van der Waals surface area contributed by atoms with Gasteiger partial charge in [0.25, 0.3) is 0 Å². The van der Waals surface area contributed by atoms with Crippen LogP contribution < -0.4 is 10.6 Å². The second kappa shape index (κ2) is 2.76. The summed E-state index contributed by atoms with van der Waals surface area (Å²) in [5.74, 6) is 0. The summed E-state index contributed by atoms with van der Waals surface area (Å²) < 4.78 is 0. The molecule has 13 heavy (non-hydrogen) atoms. The molecule has 2 rings (SSSR count). The van der Waals surface area contributed by atoms with E-state index in [-0.39, 0.29) is 0 Å². The summed E-state index contributed by atoms with van der Waals surface area (Å²) >= 11 is 0. The van der Waals surface area contributed by atoms with E-state index in [0.29, 0.717) is 5.41 Å². The second-order valence-corrected chi connectivity index (χ2v) is 4.78. The number of hydrogen-bond donors (Lipinski definition) is 1. The summed E-state index contributed by atoms with van der Waals surface area (Å²) in [5, 5.41) is 2.75. The third kappa shape index (κ3) is 1.43. The van der Waals surface area contributed by atoms with Gasteiger partial charge in [-0.25, -0.2) is 0 Å². The Hall–Kier alpha value is -0.980. The Morgan fingerprint density at radius 3 is 2.77 bits per heavy atom. The van der Waals surface area contributed by atoms with Gasteiger partial charge in [0.15, 0.2) is 0 Å². The molecule has 0 fully saturated rings. The molecule has 1 aliphatic rings. The number of fused-ring (bicyclic) bond motifs is 1. The maximum absolute atomic E-state index is 3.35.